The van der Waals surface area contributed by atoms with Crippen LogP contribution in [-0.2, 0) is 9.59 Å². The third-order valence-corrected chi connectivity index (χ3v) is 5.86. The van der Waals surface area contributed by atoms with Gasteiger partial charge in [0.05, 0.1) is 22.4 Å². The van der Waals surface area contributed by atoms with E-state index in [1.165, 1.54) is 0 Å². The number of aliphatic hydroxyl groups is 1. The van der Waals surface area contributed by atoms with Crippen molar-refractivity contribution in [1.29, 1.82) is 0 Å². The number of hydrogen-bond donors (Lipinski definition) is 3. The number of nitrogens with zero attached hydrogens (tertiary/aromatic N) is 2. The molecule has 0 bridgehead atoms. The summed E-state index contributed by atoms with van der Waals surface area (Å²) in [7, 11) is 0. The summed E-state index contributed by atoms with van der Waals surface area (Å²) in [6.07, 6.45) is 1.14. The van der Waals surface area contributed by atoms with Crippen LogP contribution in [0.3, 0.4) is 0 Å². The first-order valence-corrected chi connectivity index (χ1v) is 9.36. The van der Waals surface area contributed by atoms with Gasteiger partial charge in [0.15, 0.2) is 0 Å². The van der Waals surface area contributed by atoms with Gasteiger partial charge in [-0.2, -0.15) is 0 Å². The Labute approximate surface area is 161 Å². The topological polar surface area (TPSA) is 133 Å². The Kier molecular flexibility index (Phi) is 4.43. The number of rotatable bonds is 3. The van der Waals surface area contributed by atoms with Crippen LogP contribution in [-0.4, -0.2) is 64.9 Å². The van der Waals surface area contributed by atoms with Gasteiger partial charge in [0.25, 0.3) is 11.8 Å². The molecule has 2 fully saturated rings. The molecule has 9 heteroatoms. The molecule has 0 spiro atoms. The fourth-order valence-corrected chi connectivity index (χ4v) is 4.13. The largest absolute Gasteiger partial charge is 0.388 e. The number of fused-ring (bicyclic) bond motifs is 1. The van der Waals surface area contributed by atoms with E-state index >= 15 is 0 Å². The first-order valence-electron chi connectivity index (χ1n) is 9.36. The van der Waals surface area contributed by atoms with E-state index < -0.39 is 35.3 Å². The molecule has 3 aliphatic heterocycles. The SMILES string of the molecule is NCC1(O)CCN(c2cccc3c2C(=O)N(C2CCC(=O)NC2=O)C3=O)CC1. The fraction of sp³-hybridized carbons (Fsp3) is 0.474. The maximum Gasteiger partial charge on any atom is 0.264 e. The van der Waals surface area contributed by atoms with Gasteiger partial charge in [-0.25, -0.2) is 0 Å². The number of anilines is 1. The van der Waals surface area contributed by atoms with Gasteiger partial charge < -0.3 is 15.7 Å². The van der Waals surface area contributed by atoms with Crippen molar-refractivity contribution in [3.8, 4) is 0 Å². The van der Waals surface area contributed by atoms with Crippen LogP contribution >= 0.6 is 0 Å². The van der Waals surface area contributed by atoms with Crippen molar-refractivity contribution in [3.05, 3.63) is 29.3 Å². The lowest BCUT2D eigenvalue weighted by Gasteiger charge is -2.39. The highest BCUT2D eigenvalue weighted by Gasteiger charge is 2.46. The first kappa shape index (κ1) is 18.6. The van der Waals surface area contributed by atoms with Crippen molar-refractivity contribution in [2.24, 2.45) is 5.73 Å². The lowest BCUT2D eigenvalue weighted by atomic mass is 9.91. The molecule has 1 unspecified atom stereocenters. The van der Waals surface area contributed by atoms with E-state index in [0.717, 1.165) is 4.90 Å². The van der Waals surface area contributed by atoms with Crippen molar-refractivity contribution >= 4 is 29.3 Å². The summed E-state index contributed by atoms with van der Waals surface area (Å²) in [5.41, 5.74) is 5.88. The van der Waals surface area contributed by atoms with Crippen LogP contribution < -0.4 is 16.0 Å². The normalized spacial score (nSPS) is 24.4. The van der Waals surface area contributed by atoms with Crippen LogP contribution in [0.5, 0.6) is 0 Å². The monoisotopic (exact) mass is 386 g/mol. The first-order chi connectivity index (χ1) is 13.3. The van der Waals surface area contributed by atoms with Crippen LogP contribution in [0.1, 0.15) is 46.4 Å². The molecular formula is C19H22N4O5. The zero-order valence-electron chi connectivity index (χ0n) is 15.3. The minimum Gasteiger partial charge on any atom is -0.388 e. The van der Waals surface area contributed by atoms with Crippen LogP contribution in [0.15, 0.2) is 18.2 Å². The molecule has 148 valence electrons. The summed E-state index contributed by atoms with van der Waals surface area (Å²) in [6, 6.07) is 4.06. The van der Waals surface area contributed by atoms with E-state index in [2.05, 4.69) is 5.32 Å². The van der Waals surface area contributed by atoms with Crippen LogP contribution in [0.2, 0.25) is 0 Å². The standard InChI is InChI=1S/C19H22N4O5/c20-10-19(28)6-8-22(9-7-19)12-3-1-2-11-15(12)18(27)23(17(11)26)13-4-5-14(24)21-16(13)25/h1-3,13,28H,4-10,20H2,(H,21,24,25). The number of carbonyl (C=O) groups is 4. The predicted octanol–water partition coefficient (Wildman–Crippen LogP) is -0.622. The molecule has 1 aromatic rings. The average molecular weight is 386 g/mol. The summed E-state index contributed by atoms with van der Waals surface area (Å²) in [4.78, 5) is 52.5. The Morgan fingerprint density at radius 2 is 1.86 bits per heavy atom. The zero-order chi connectivity index (χ0) is 20.1. The number of benzene rings is 1. The minimum absolute atomic E-state index is 0.0838. The molecule has 9 nitrogen and oxygen atoms in total. The lowest BCUT2D eigenvalue weighted by molar-refractivity contribution is -0.136. The average Bonchev–Trinajstić information content (AvgIpc) is 2.94. The Hall–Kier alpha value is -2.78. The number of carbonyl (C=O) groups excluding carboxylic acids is 4. The van der Waals surface area contributed by atoms with E-state index in [1.807, 2.05) is 4.90 Å². The van der Waals surface area contributed by atoms with E-state index in [9.17, 15) is 24.3 Å². The Balaban J connectivity index is 1.64. The van der Waals surface area contributed by atoms with Crippen molar-refractivity contribution in [3.63, 3.8) is 0 Å². The van der Waals surface area contributed by atoms with Gasteiger partial charge in [-0.05, 0) is 31.4 Å². The van der Waals surface area contributed by atoms with Crippen molar-refractivity contribution in [2.75, 3.05) is 24.5 Å². The highest BCUT2D eigenvalue weighted by Crippen LogP contribution is 2.36. The maximum atomic E-state index is 13.1. The number of nitrogens with two attached hydrogens (primary N) is 1. The van der Waals surface area contributed by atoms with Crippen LogP contribution in [0, 0.1) is 0 Å². The summed E-state index contributed by atoms with van der Waals surface area (Å²) in [5.74, 6) is -2.07. The number of hydrogen-bond acceptors (Lipinski definition) is 7. The molecule has 3 heterocycles. The number of piperidine rings is 2. The van der Waals surface area contributed by atoms with Crippen molar-refractivity contribution in [2.45, 2.75) is 37.3 Å². The van der Waals surface area contributed by atoms with Crippen molar-refractivity contribution < 1.29 is 24.3 Å². The molecule has 28 heavy (non-hydrogen) atoms. The zero-order valence-corrected chi connectivity index (χ0v) is 15.3. The molecule has 4 amide bonds. The molecule has 1 aromatic carbocycles. The molecule has 0 saturated carbocycles. The predicted molar refractivity (Wildman–Crippen MR) is 98.6 cm³/mol. The van der Waals surface area contributed by atoms with Crippen LogP contribution in [0.25, 0.3) is 0 Å². The maximum absolute atomic E-state index is 13.1. The van der Waals surface area contributed by atoms with Gasteiger partial charge in [-0.3, -0.25) is 29.4 Å². The Morgan fingerprint density at radius 3 is 2.50 bits per heavy atom. The summed E-state index contributed by atoms with van der Waals surface area (Å²) >= 11 is 0. The fourth-order valence-electron chi connectivity index (χ4n) is 4.13. The van der Waals surface area contributed by atoms with Gasteiger partial charge in [0.1, 0.15) is 6.04 Å². The van der Waals surface area contributed by atoms with E-state index in [-0.39, 0.29) is 30.5 Å². The van der Waals surface area contributed by atoms with E-state index in [0.29, 0.717) is 31.6 Å². The second-order valence-corrected chi connectivity index (χ2v) is 7.56. The summed E-state index contributed by atoms with van der Waals surface area (Å²) in [5, 5.41) is 12.5. The molecule has 4 N–H and O–H groups in total. The molecular weight excluding hydrogens is 364 g/mol. The summed E-state index contributed by atoms with van der Waals surface area (Å²) < 4.78 is 0. The van der Waals surface area contributed by atoms with Gasteiger partial charge in [0.2, 0.25) is 11.8 Å². The Bertz CT molecular complexity index is 875. The van der Waals surface area contributed by atoms with E-state index in [1.54, 1.807) is 18.2 Å². The van der Waals surface area contributed by atoms with Gasteiger partial charge in [-0.1, -0.05) is 6.07 Å². The number of nitrogens with one attached hydrogen (secondary N) is 1. The van der Waals surface area contributed by atoms with Crippen molar-refractivity contribution in [1.82, 2.24) is 10.2 Å². The molecule has 0 radical (unpaired) electrons. The van der Waals surface area contributed by atoms with Gasteiger partial charge in [-0.15, -0.1) is 0 Å². The Morgan fingerprint density at radius 1 is 1.14 bits per heavy atom. The third kappa shape index (κ3) is 2.87. The molecule has 4 rings (SSSR count). The molecule has 0 aliphatic carbocycles. The number of amides is 4. The van der Waals surface area contributed by atoms with E-state index in [4.69, 9.17) is 5.73 Å². The lowest BCUT2D eigenvalue weighted by Crippen LogP contribution is -2.54. The molecule has 2 saturated heterocycles. The second kappa shape index (κ2) is 6.68. The minimum atomic E-state index is -0.985. The highest BCUT2D eigenvalue weighted by molar-refractivity contribution is 6.25. The van der Waals surface area contributed by atoms with Gasteiger partial charge in [0, 0.05) is 26.1 Å². The quantitative estimate of drug-likeness (QED) is 0.590. The highest BCUT2D eigenvalue weighted by atomic mass is 16.3. The third-order valence-electron chi connectivity index (χ3n) is 5.86. The summed E-state index contributed by atoms with van der Waals surface area (Å²) in [6.45, 7) is 1.18. The van der Waals surface area contributed by atoms with Crippen LogP contribution in [0.4, 0.5) is 5.69 Å². The molecule has 0 aromatic heterocycles. The number of imide groups is 2. The second-order valence-electron chi connectivity index (χ2n) is 7.56. The smallest absolute Gasteiger partial charge is 0.264 e. The van der Waals surface area contributed by atoms with Gasteiger partial charge >= 0.3 is 0 Å². The molecule has 3 aliphatic rings. The molecule has 1 atom stereocenters.